The number of piperazine rings is 1. The number of nitriles is 1. The van der Waals surface area contributed by atoms with Gasteiger partial charge in [-0.05, 0) is 38.8 Å². The number of amides is 1. The van der Waals surface area contributed by atoms with E-state index < -0.39 is 12.7 Å². The molecule has 1 amide bonds. The molecule has 134 valence electrons. The SMILES string of the molecule is N#CC1CN(C(=O)C2CCN(CC(F)(F)F)CC2)CCN1C1CC1. The molecule has 0 radical (unpaired) electrons. The van der Waals surface area contributed by atoms with Crippen molar-refractivity contribution in [2.75, 3.05) is 39.3 Å². The van der Waals surface area contributed by atoms with Crippen molar-refractivity contribution in [2.45, 2.75) is 43.9 Å². The van der Waals surface area contributed by atoms with Gasteiger partial charge >= 0.3 is 6.18 Å². The van der Waals surface area contributed by atoms with Crippen molar-refractivity contribution in [1.29, 1.82) is 5.26 Å². The van der Waals surface area contributed by atoms with Gasteiger partial charge < -0.3 is 4.90 Å². The van der Waals surface area contributed by atoms with E-state index in [9.17, 15) is 23.2 Å². The number of likely N-dealkylation sites (tertiary alicyclic amines) is 1. The molecule has 8 heteroatoms. The quantitative estimate of drug-likeness (QED) is 0.778. The lowest BCUT2D eigenvalue weighted by Crippen LogP contribution is -2.56. The maximum Gasteiger partial charge on any atom is 0.401 e. The van der Waals surface area contributed by atoms with Gasteiger partial charge in [0, 0.05) is 31.6 Å². The van der Waals surface area contributed by atoms with Crippen LogP contribution >= 0.6 is 0 Å². The monoisotopic (exact) mass is 344 g/mol. The molecule has 1 saturated carbocycles. The first-order valence-corrected chi connectivity index (χ1v) is 8.60. The second kappa shape index (κ2) is 6.89. The van der Waals surface area contributed by atoms with Gasteiger partial charge in [-0.15, -0.1) is 0 Å². The van der Waals surface area contributed by atoms with Gasteiger partial charge in [0.05, 0.1) is 12.6 Å². The Bertz CT molecular complexity index is 506. The smallest absolute Gasteiger partial charge is 0.339 e. The second-order valence-electron chi connectivity index (χ2n) is 7.06. The number of hydrogen-bond acceptors (Lipinski definition) is 4. The lowest BCUT2D eigenvalue weighted by Gasteiger charge is -2.41. The Hall–Kier alpha value is -1.33. The van der Waals surface area contributed by atoms with Gasteiger partial charge in [-0.3, -0.25) is 14.6 Å². The van der Waals surface area contributed by atoms with Gasteiger partial charge in [0.2, 0.25) is 5.91 Å². The third-order valence-corrected chi connectivity index (χ3v) is 5.24. The molecule has 2 saturated heterocycles. The number of halogens is 3. The molecule has 0 aromatic rings. The fraction of sp³-hybridized carbons (Fsp3) is 0.875. The van der Waals surface area contributed by atoms with E-state index in [0.717, 1.165) is 19.4 Å². The summed E-state index contributed by atoms with van der Waals surface area (Å²) in [7, 11) is 0. The standard InChI is InChI=1S/C16H23F3N4O/c17-16(18,19)11-21-5-3-12(4-6-21)15(24)22-7-8-23(13-1-2-13)14(9-20)10-22/h12-14H,1-8,10-11H2. The summed E-state index contributed by atoms with van der Waals surface area (Å²) in [6.07, 6.45) is -0.993. The molecular formula is C16H23F3N4O. The first-order valence-electron chi connectivity index (χ1n) is 8.60. The summed E-state index contributed by atoms with van der Waals surface area (Å²) in [5.41, 5.74) is 0. The highest BCUT2D eigenvalue weighted by atomic mass is 19.4. The van der Waals surface area contributed by atoms with Crippen molar-refractivity contribution >= 4 is 5.91 Å². The Labute approximate surface area is 140 Å². The summed E-state index contributed by atoms with van der Waals surface area (Å²) in [5, 5.41) is 9.35. The molecule has 1 aliphatic carbocycles. The zero-order valence-electron chi connectivity index (χ0n) is 13.6. The Balaban J connectivity index is 1.50. The number of rotatable bonds is 3. The molecule has 5 nitrogen and oxygen atoms in total. The summed E-state index contributed by atoms with van der Waals surface area (Å²) >= 11 is 0. The third kappa shape index (κ3) is 4.19. The van der Waals surface area contributed by atoms with Crippen LogP contribution in [-0.4, -0.2) is 78.1 Å². The Morgan fingerprint density at radius 2 is 1.75 bits per heavy atom. The first kappa shape index (κ1) is 17.5. The summed E-state index contributed by atoms with van der Waals surface area (Å²) in [6.45, 7) is 1.48. The topological polar surface area (TPSA) is 50.6 Å². The molecule has 0 spiro atoms. The number of carbonyl (C=O) groups is 1. The lowest BCUT2D eigenvalue weighted by atomic mass is 9.94. The van der Waals surface area contributed by atoms with Crippen LogP contribution in [-0.2, 0) is 4.79 Å². The molecule has 0 aromatic carbocycles. The molecule has 0 bridgehead atoms. The fourth-order valence-corrected chi connectivity index (χ4v) is 3.81. The van der Waals surface area contributed by atoms with Crippen molar-refractivity contribution in [2.24, 2.45) is 5.92 Å². The molecular weight excluding hydrogens is 321 g/mol. The van der Waals surface area contributed by atoms with Crippen molar-refractivity contribution in [3.8, 4) is 6.07 Å². The molecule has 3 aliphatic rings. The van der Waals surface area contributed by atoms with Crippen LogP contribution in [0, 0.1) is 17.2 Å². The predicted molar refractivity (Wildman–Crippen MR) is 80.9 cm³/mol. The Morgan fingerprint density at radius 1 is 1.08 bits per heavy atom. The number of nitrogens with zero attached hydrogens (tertiary/aromatic N) is 4. The van der Waals surface area contributed by atoms with Crippen LogP contribution in [0.25, 0.3) is 0 Å². The summed E-state index contributed by atoms with van der Waals surface area (Å²) in [5.74, 6) is -0.196. The predicted octanol–water partition coefficient (Wildman–Crippen LogP) is 1.46. The molecule has 1 unspecified atom stereocenters. The highest BCUT2D eigenvalue weighted by Gasteiger charge is 2.40. The number of hydrogen-bond donors (Lipinski definition) is 0. The van der Waals surface area contributed by atoms with Crippen molar-refractivity contribution in [3.63, 3.8) is 0 Å². The highest BCUT2D eigenvalue weighted by Crippen LogP contribution is 2.31. The number of alkyl halides is 3. The average Bonchev–Trinajstić information content (AvgIpc) is 3.37. The van der Waals surface area contributed by atoms with E-state index in [1.54, 1.807) is 4.90 Å². The summed E-state index contributed by atoms with van der Waals surface area (Å²) < 4.78 is 37.3. The molecule has 2 heterocycles. The Morgan fingerprint density at radius 3 is 2.29 bits per heavy atom. The van der Waals surface area contributed by atoms with E-state index in [4.69, 9.17) is 0 Å². The van der Waals surface area contributed by atoms with Crippen LogP contribution in [0.3, 0.4) is 0 Å². The van der Waals surface area contributed by atoms with Crippen molar-refractivity contribution in [3.05, 3.63) is 0 Å². The van der Waals surface area contributed by atoms with Crippen LogP contribution in [0.15, 0.2) is 0 Å². The number of carbonyl (C=O) groups excluding carboxylic acids is 1. The van der Waals surface area contributed by atoms with Gasteiger partial charge in [-0.1, -0.05) is 0 Å². The van der Waals surface area contributed by atoms with E-state index in [1.165, 1.54) is 4.90 Å². The van der Waals surface area contributed by atoms with Gasteiger partial charge in [0.25, 0.3) is 0 Å². The minimum atomic E-state index is -4.18. The zero-order valence-corrected chi connectivity index (χ0v) is 13.6. The second-order valence-corrected chi connectivity index (χ2v) is 7.06. The average molecular weight is 344 g/mol. The van der Waals surface area contributed by atoms with E-state index >= 15 is 0 Å². The largest absolute Gasteiger partial charge is 0.401 e. The molecule has 3 rings (SSSR count). The summed E-state index contributed by atoms with van der Waals surface area (Å²) in [4.78, 5) is 18.0. The lowest BCUT2D eigenvalue weighted by molar-refractivity contribution is -0.151. The minimum absolute atomic E-state index is 0.0114. The number of piperidine rings is 1. The van der Waals surface area contributed by atoms with E-state index in [2.05, 4.69) is 11.0 Å². The maximum atomic E-state index is 12.7. The van der Waals surface area contributed by atoms with Gasteiger partial charge in [0.15, 0.2) is 0 Å². The van der Waals surface area contributed by atoms with Gasteiger partial charge in [-0.2, -0.15) is 18.4 Å². The van der Waals surface area contributed by atoms with Crippen molar-refractivity contribution < 1.29 is 18.0 Å². The van der Waals surface area contributed by atoms with E-state index in [-0.39, 0.29) is 17.9 Å². The molecule has 0 N–H and O–H groups in total. The van der Waals surface area contributed by atoms with E-state index in [1.807, 2.05) is 0 Å². The fourth-order valence-electron chi connectivity index (χ4n) is 3.81. The van der Waals surface area contributed by atoms with Crippen LogP contribution < -0.4 is 0 Å². The van der Waals surface area contributed by atoms with Crippen LogP contribution in [0.2, 0.25) is 0 Å². The first-order chi connectivity index (χ1) is 11.4. The molecule has 1 atom stereocenters. The molecule has 0 aromatic heterocycles. The van der Waals surface area contributed by atoms with Crippen LogP contribution in [0.4, 0.5) is 13.2 Å². The minimum Gasteiger partial charge on any atom is -0.339 e. The van der Waals surface area contributed by atoms with Gasteiger partial charge in [0.1, 0.15) is 6.04 Å². The van der Waals surface area contributed by atoms with Gasteiger partial charge in [-0.25, -0.2) is 0 Å². The molecule has 2 aliphatic heterocycles. The molecule has 3 fully saturated rings. The Kier molecular flexibility index (Phi) is 5.02. The maximum absolute atomic E-state index is 12.7. The van der Waals surface area contributed by atoms with Crippen LogP contribution in [0.1, 0.15) is 25.7 Å². The third-order valence-electron chi connectivity index (χ3n) is 5.24. The highest BCUT2D eigenvalue weighted by molar-refractivity contribution is 5.79. The normalized spacial score (nSPS) is 27.9. The van der Waals surface area contributed by atoms with Crippen LogP contribution in [0.5, 0.6) is 0 Å². The molecule has 24 heavy (non-hydrogen) atoms. The summed E-state index contributed by atoms with van der Waals surface area (Å²) in [6, 6.07) is 2.54. The van der Waals surface area contributed by atoms with E-state index in [0.29, 0.717) is 45.1 Å². The van der Waals surface area contributed by atoms with Crippen molar-refractivity contribution in [1.82, 2.24) is 14.7 Å². The zero-order chi connectivity index (χ0) is 17.3.